The van der Waals surface area contributed by atoms with Gasteiger partial charge < -0.3 is 0 Å². The summed E-state index contributed by atoms with van der Waals surface area (Å²) in [6.45, 7) is 0. The summed E-state index contributed by atoms with van der Waals surface area (Å²) < 4.78 is 15.5. The number of aromatic nitrogens is 2. The Labute approximate surface area is 140 Å². The Kier molecular flexibility index (Phi) is 3.90. The zero-order valence-electron chi connectivity index (χ0n) is 9.42. The first-order valence-corrected chi connectivity index (χ1v) is 7.97. The van der Waals surface area contributed by atoms with E-state index in [1.165, 1.54) is 17.4 Å². The van der Waals surface area contributed by atoms with Crippen LogP contribution in [0.5, 0.6) is 0 Å². The van der Waals surface area contributed by atoms with Gasteiger partial charge >= 0.3 is 0 Å². The highest BCUT2D eigenvalue weighted by Crippen LogP contribution is 2.38. The van der Waals surface area contributed by atoms with Crippen molar-refractivity contribution in [2.24, 2.45) is 0 Å². The van der Waals surface area contributed by atoms with Crippen LogP contribution in [0.3, 0.4) is 0 Å². The smallest absolute Gasteiger partial charge is 0.164 e. The molecule has 2 aromatic heterocycles. The summed E-state index contributed by atoms with van der Waals surface area (Å²) in [6.07, 6.45) is 0. The molecule has 0 bridgehead atoms. The number of hydrogen-bond donors (Lipinski definition) is 0. The van der Waals surface area contributed by atoms with Crippen molar-refractivity contribution >= 4 is 73.0 Å². The van der Waals surface area contributed by atoms with Crippen LogP contribution in [0.2, 0.25) is 13.8 Å². The monoisotopic (exact) mass is 410 g/mol. The fourth-order valence-electron chi connectivity index (χ4n) is 1.73. The van der Waals surface area contributed by atoms with Crippen molar-refractivity contribution in [3.05, 3.63) is 42.3 Å². The SMILES string of the molecule is Fc1cc(Br)cc2c(Cl)nc(-c3cc(Cl)sc3Cl)nc12. The predicted molar refractivity (Wildman–Crippen MR) is 85.5 cm³/mol. The fraction of sp³-hybridized carbons (Fsp3) is 0. The first-order chi connectivity index (χ1) is 9.45. The maximum absolute atomic E-state index is 14.0. The molecular formula is C12H3BrCl3FN2S. The van der Waals surface area contributed by atoms with E-state index in [1.807, 2.05) is 0 Å². The van der Waals surface area contributed by atoms with Gasteiger partial charge in [-0.25, -0.2) is 14.4 Å². The first kappa shape index (κ1) is 14.5. The van der Waals surface area contributed by atoms with Crippen LogP contribution in [0.4, 0.5) is 4.39 Å². The molecule has 0 aliphatic heterocycles. The molecule has 2 heterocycles. The molecule has 8 heteroatoms. The van der Waals surface area contributed by atoms with Crippen LogP contribution >= 0.6 is 62.1 Å². The lowest BCUT2D eigenvalue weighted by Gasteiger charge is -2.05. The maximum atomic E-state index is 14.0. The molecule has 20 heavy (non-hydrogen) atoms. The molecule has 0 spiro atoms. The molecule has 0 fully saturated rings. The van der Waals surface area contributed by atoms with Crippen LogP contribution in [-0.2, 0) is 0 Å². The summed E-state index contributed by atoms with van der Waals surface area (Å²) in [5.41, 5.74) is 0.675. The maximum Gasteiger partial charge on any atom is 0.164 e. The van der Waals surface area contributed by atoms with Gasteiger partial charge in [0.15, 0.2) is 11.6 Å². The van der Waals surface area contributed by atoms with Crippen LogP contribution < -0.4 is 0 Å². The van der Waals surface area contributed by atoms with Gasteiger partial charge in [-0.1, -0.05) is 50.7 Å². The van der Waals surface area contributed by atoms with Gasteiger partial charge in [0.2, 0.25) is 0 Å². The van der Waals surface area contributed by atoms with Gasteiger partial charge in [0, 0.05) is 9.86 Å². The van der Waals surface area contributed by atoms with Crippen LogP contribution in [0.1, 0.15) is 0 Å². The van der Waals surface area contributed by atoms with Crippen molar-refractivity contribution in [2.75, 3.05) is 0 Å². The molecule has 3 rings (SSSR count). The minimum absolute atomic E-state index is 0.140. The van der Waals surface area contributed by atoms with E-state index in [4.69, 9.17) is 34.8 Å². The van der Waals surface area contributed by atoms with Crippen molar-refractivity contribution in [3.63, 3.8) is 0 Å². The summed E-state index contributed by atoms with van der Waals surface area (Å²) in [7, 11) is 0. The van der Waals surface area contributed by atoms with Gasteiger partial charge in [-0.15, -0.1) is 11.3 Å². The lowest BCUT2D eigenvalue weighted by molar-refractivity contribution is 0.636. The van der Waals surface area contributed by atoms with E-state index in [-0.39, 0.29) is 16.5 Å². The summed E-state index contributed by atoms with van der Waals surface area (Å²) in [6, 6.07) is 4.60. The van der Waals surface area contributed by atoms with Crippen LogP contribution in [0.25, 0.3) is 22.3 Å². The molecule has 0 saturated carbocycles. The zero-order chi connectivity index (χ0) is 14.4. The number of hydrogen-bond acceptors (Lipinski definition) is 3. The quantitative estimate of drug-likeness (QED) is 0.444. The number of benzene rings is 1. The minimum atomic E-state index is -0.489. The highest BCUT2D eigenvalue weighted by atomic mass is 79.9. The molecule has 102 valence electrons. The predicted octanol–water partition coefficient (Wildman–Crippen LogP) is 6.22. The normalized spacial score (nSPS) is 11.2. The Morgan fingerprint density at radius 3 is 2.50 bits per heavy atom. The molecule has 1 aromatic carbocycles. The van der Waals surface area contributed by atoms with Crippen molar-refractivity contribution in [1.82, 2.24) is 9.97 Å². The van der Waals surface area contributed by atoms with Gasteiger partial charge in [-0.2, -0.15) is 0 Å². The fourth-order valence-corrected chi connectivity index (χ4v) is 3.84. The summed E-state index contributed by atoms with van der Waals surface area (Å²) >= 11 is 22.4. The van der Waals surface area contributed by atoms with Gasteiger partial charge in [-0.3, -0.25) is 0 Å². The summed E-state index contributed by atoms with van der Waals surface area (Å²) in [5, 5.41) is 0.586. The van der Waals surface area contributed by atoms with E-state index >= 15 is 0 Å². The van der Waals surface area contributed by atoms with E-state index in [2.05, 4.69) is 25.9 Å². The van der Waals surface area contributed by atoms with Crippen molar-refractivity contribution in [1.29, 1.82) is 0 Å². The van der Waals surface area contributed by atoms with Crippen LogP contribution in [0, 0.1) is 5.82 Å². The molecular weight excluding hydrogens is 409 g/mol. The Morgan fingerprint density at radius 2 is 1.85 bits per heavy atom. The number of thiophene rings is 1. The summed E-state index contributed by atoms with van der Waals surface area (Å²) in [5.74, 6) is -0.241. The van der Waals surface area contributed by atoms with E-state index in [0.717, 1.165) is 0 Å². The Morgan fingerprint density at radius 1 is 1.10 bits per heavy atom. The van der Waals surface area contributed by atoms with E-state index in [1.54, 1.807) is 12.1 Å². The van der Waals surface area contributed by atoms with E-state index in [0.29, 0.717) is 24.1 Å². The third kappa shape index (κ3) is 2.53. The largest absolute Gasteiger partial charge is 0.225 e. The standard InChI is InChI=1S/C12H3BrCl3FN2S/c13-4-1-5-9(7(17)2-4)18-12(19-10(5)15)6-3-8(14)20-11(6)16/h1-3H. The topological polar surface area (TPSA) is 25.8 Å². The van der Waals surface area contributed by atoms with E-state index in [9.17, 15) is 4.39 Å². The number of fused-ring (bicyclic) bond motifs is 1. The van der Waals surface area contributed by atoms with Gasteiger partial charge in [0.05, 0.1) is 9.90 Å². The van der Waals surface area contributed by atoms with Gasteiger partial charge in [0.25, 0.3) is 0 Å². The molecule has 3 aromatic rings. The second kappa shape index (κ2) is 5.39. The number of rotatable bonds is 1. The zero-order valence-corrected chi connectivity index (χ0v) is 14.1. The van der Waals surface area contributed by atoms with E-state index < -0.39 is 5.82 Å². The molecule has 0 radical (unpaired) electrons. The molecule has 0 saturated heterocycles. The number of halogens is 5. The molecule has 0 aliphatic carbocycles. The minimum Gasteiger partial charge on any atom is -0.225 e. The van der Waals surface area contributed by atoms with Crippen molar-refractivity contribution in [3.8, 4) is 11.4 Å². The van der Waals surface area contributed by atoms with Crippen LogP contribution in [-0.4, -0.2) is 9.97 Å². The average Bonchev–Trinajstić information content (AvgIpc) is 2.69. The molecule has 2 nitrogen and oxygen atoms in total. The van der Waals surface area contributed by atoms with Gasteiger partial charge in [0.1, 0.15) is 15.0 Å². The molecule has 0 atom stereocenters. The highest BCUT2D eigenvalue weighted by molar-refractivity contribution is 9.10. The lowest BCUT2D eigenvalue weighted by atomic mass is 10.2. The Hall–Kier alpha value is -0.460. The first-order valence-electron chi connectivity index (χ1n) is 5.23. The third-order valence-corrected chi connectivity index (χ3v) is 4.80. The third-order valence-electron chi connectivity index (χ3n) is 2.57. The summed E-state index contributed by atoms with van der Waals surface area (Å²) in [4.78, 5) is 8.35. The lowest BCUT2D eigenvalue weighted by Crippen LogP contribution is -1.94. The molecule has 0 amide bonds. The Balaban J connectivity index is 2.32. The average molecular weight is 412 g/mol. The van der Waals surface area contributed by atoms with Crippen molar-refractivity contribution in [2.45, 2.75) is 0 Å². The van der Waals surface area contributed by atoms with Crippen molar-refractivity contribution < 1.29 is 4.39 Å². The molecule has 0 N–H and O–H groups in total. The van der Waals surface area contributed by atoms with Gasteiger partial charge in [-0.05, 0) is 18.2 Å². The van der Waals surface area contributed by atoms with Crippen LogP contribution in [0.15, 0.2) is 22.7 Å². The molecule has 0 aliphatic rings. The number of nitrogens with zero attached hydrogens (tertiary/aromatic N) is 2. The molecule has 0 unspecified atom stereocenters. The second-order valence-corrected chi connectivity index (χ2v) is 7.42. The highest BCUT2D eigenvalue weighted by Gasteiger charge is 2.16. The Bertz CT molecular complexity index is 837. The second-order valence-electron chi connectivity index (χ2n) is 3.86.